The molecule has 1 atom stereocenters. The van der Waals surface area contributed by atoms with Gasteiger partial charge in [-0.2, -0.15) is 0 Å². The number of anilines is 1. The summed E-state index contributed by atoms with van der Waals surface area (Å²) in [5, 5.41) is 0. The summed E-state index contributed by atoms with van der Waals surface area (Å²) in [6, 6.07) is 6.74. The summed E-state index contributed by atoms with van der Waals surface area (Å²) in [5.74, 6) is 0. The average Bonchev–Trinajstić information content (AvgIpc) is 2.08. The molecule has 0 saturated heterocycles. The van der Waals surface area contributed by atoms with Gasteiger partial charge in [0, 0.05) is 12.1 Å². The van der Waals surface area contributed by atoms with Crippen LogP contribution in [0.1, 0.15) is 5.56 Å². The van der Waals surface area contributed by atoms with E-state index in [4.69, 9.17) is 4.55 Å². The highest BCUT2D eigenvalue weighted by molar-refractivity contribution is 7.80. The molecule has 0 aliphatic carbocycles. The minimum Gasteiger partial charge on any atom is -0.303 e. The Morgan fingerprint density at radius 1 is 1.38 bits per heavy atom. The number of carbonyl (C=O) groups is 1. The molecule has 1 aromatic rings. The lowest BCUT2D eigenvalue weighted by Gasteiger charge is -2.01. The lowest BCUT2D eigenvalue weighted by Crippen LogP contribution is -2.01. The van der Waals surface area contributed by atoms with Crippen molar-refractivity contribution in [3.8, 4) is 0 Å². The largest absolute Gasteiger partial charge is 0.303 e. The van der Waals surface area contributed by atoms with Crippen molar-refractivity contribution in [3.63, 3.8) is 0 Å². The molecule has 0 aliphatic heterocycles. The monoisotopic (exact) mass is 199 g/mol. The van der Waals surface area contributed by atoms with Crippen molar-refractivity contribution >= 4 is 23.2 Å². The van der Waals surface area contributed by atoms with Crippen molar-refractivity contribution in [1.29, 1.82) is 0 Å². The smallest absolute Gasteiger partial charge is 0.259 e. The quantitative estimate of drug-likeness (QED) is 0.561. The zero-order chi connectivity index (χ0) is 9.68. The van der Waals surface area contributed by atoms with E-state index in [1.807, 2.05) is 0 Å². The Kier molecular flexibility index (Phi) is 3.60. The predicted molar refractivity (Wildman–Crippen MR) is 50.6 cm³/mol. The van der Waals surface area contributed by atoms with Crippen molar-refractivity contribution in [2.75, 3.05) is 4.72 Å². The van der Waals surface area contributed by atoms with Crippen LogP contribution in [0.15, 0.2) is 24.3 Å². The fourth-order valence-electron chi connectivity index (χ4n) is 0.906. The summed E-state index contributed by atoms with van der Waals surface area (Å²) in [5.41, 5.74) is 1.43. The van der Waals surface area contributed by atoms with Gasteiger partial charge < -0.3 is 4.79 Å². The summed E-state index contributed by atoms with van der Waals surface area (Å²) >= 11 is -2.05. The highest BCUT2D eigenvalue weighted by Crippen LogP contribution is 2.09. The van der Waals surface area contributed by atoms with E-state index in [1.54, 1.807) is 24.3 Å². The summed E-state index contributed by atoms with van der Waals surface area (Å²) in [4.78, 5) is 10.1. The van der Waals surface area contributed by atoms with Gasteiger partial charge in [-0.15, -0.1) is 0 Å². The standard InChI is InChI=1S/C8H9NO3S/c10-6-5-7-1-3-8(4-2-7)9-13(11)12/h1-4,6,9H,5H2,(H,11,12). The molecule has 0 fully saturated rings. The maximum atomic E-state index is 10.3. The zero-order valence-corrected chi connectivity index (χ0v) is 7.58. The van der Waals surface area contributed by atoms with Crippen LogP contribution in [0.4, 0.5) is 5.69 Å². The fourth-order valence-corrected chi connectivity index (χ4v) is 1.24. The van der Waals surface area contributed by atoms with E-state index in [2.05, 4.69) is 4.72 Å². The van der Waals surface area contributed by atoms with E-state index < -0.39 is 11.3 Å². The number of rotatable bonds is 4. The first-order valence-corrected chi connectivity index (χ1v) is 4.73. The van der Waals surface area contributed by atoms with Gasteiger partial charge in [-0.1, -0.05) is 12.1 Å². The molecule has 0 amide bonds. The van der Waals surface area contributed by atoms with Gasteiger partial charge in [0.15, 0.2) is 0 Å². The van der Waals surface area contributed by atoms with E-state index in [0.717, 1.165) is 11.8 Å². The SMILES string of the molecule is O=CCc1ccc(NS(=O)O)cc1. The Morgan fingerprint density at radius 2 is 2.00 bits per heavy atom. The summed E-state index contributed by atoms with van der Waals surface area (Å²) in [6.07, 6.45) is 1.18. The van der Waals surface area contributed by atoms with E-state index in [1.165, 1.54) is 0 Å². The highest BCUT2D eigenvalue weighted by atomic mass is 32.2. The third kappa shape index (κ3) is 3.35. The van der Waals surface area contributed by atoms with Crippen molar-refractivity contribution in [2.24, 2.45) is 0 Å². The molecule has 0 heterocycles. The summed E-state index contributed by atoms with van der Waals surface area (Å²) in [6.45, 7) is 0. The fraction of sp³-hybridized carbons (Fsp3) is 0.125. The molecule has 0 spiro atoms. The maximum absolute atomic E-state index is 10.3. The third-order valence-corrected chi connectivity index (χ3v) is 1.89. The molecular weight excluding hydrogens is 190 g/mol. The molecule has 4 nitrogen and oxygen atoms in total. The van der Waals surface area contributed by atoms with E-state index in [-0.39, 0.29) is 0 Å². The number of hydrogen-bond donors (Lipinski definition) is 2. The molecule has 1 rings (SSSR count). The van der Waals surface area contributed by atoms with Gasteiger partial charge in [-0.3, -0.25) is 9.27 Å². The number of aldehydes is 1. The van der Waals surface area contributed by atoms with Crippen molar-refractivity contribution in [2.45, 2.75) is 6.42 Å². The van der Waals surface area contributed by atoms with Gasteiger partial charge >= 0.3 is 0 Å². The van der Waals surface area contributed by atoms with Crippen molar-refractivity contribution < 1.29 is 13.6 Å². The molecule has 70 valence electrons. The van der Waals surface area contributed by atoms with Crippen molar-refractivity contribution in [1.82, 2.24) is 0 Å². The molecule has 0 radical (unpaired) electrons. The van der Waals surface area contributed by atoms with E-state index in [0.29, 0.717) is 12.1 Å². The summed E-state index contributed by atoms with van der Waals surface area (Å²) in [7, 11) is 0. The van der Waals surface area contributed by atoms with Gasteiger partial charge in [-0.25, -0.2) is 4.21 Å². The van der Waals surface area contributed by atoms with Crippen LogP contribution in [0.25, 0.3) is 0 Å². The first kappa shape index (κ1) is 9.88. The molecule has 0 aliphatic rings. The molecule has 2 N–H and O–H groups in total. The van der Waals surface area contributed by atoms with Gasteiger partial charge in [0.05, 0.1) is 0 Å². The molecule has 1 unspecified atom stereocenters. The topological polar surface area (TPSA) is 66.4 Å². The van der Waals surface area contributed by atoms with Gasteiger partial charge in [0.1, 0.15) is 6.29 Å². The van der Waals surface area contributed by atoms with Crippen LogP contribution in [0, 0.1) is 0 Å². The van der Waals surface area contributed by atoms with Crippen LogP contribution < -0.4 is 4.72 Å². The lowest BCUT2D eigenvalue weighted by molar-refractivity contribution is -0.107. The second-order valence-corrected chi connectivity index (χ2v) is 3.12. The Morgan fingerprint density at radius 3 is 2.46 bits per heavy atom. The normalized spacial score (nSPS) is 12.1. The molecule has 0 bridgehead atoms. The average molecular weight is 199 g/mol. The van der Waals surface area contributed by atoms with Crippen LogP contribution in [-0.2, 0) is 22.5 Å². The van der Waals surface area contributed by atoms with E-state index in [9.17, 15) is 9.00 Å². The molecule has 0 aromatic heterocycles. The minimum absolute atomic E-state index is 0.364. The number of nitrogens with one attached hydrogen (secondary N) is 1. The minimum atomic E-state index is -2.05. The van der Waals surface area contributed by atoms with Crippen LogP contribution in [0.3, 0.4) is 0 Å². The Hall–Kier alpha value is -1.20. The Balaban J connectivity index is 2.69. The second kappa shape index (κ2) is 4.74. The van der Waals surface area contributed by atoms with Gasteiger partial charge in [-0.05, 0) is 17.7 Å². The Bertz CT molecular complexity index is 310. The maximum Gasteiger partial charge on any atom is 0.259 e. The molecular formula is C8H9NO3S. The molecule has 1 aromatic carbocycles. The first-order chi connectivity index (χ1) is 6.22. The van der Waals surface area contributed by atoms with E-state index >= 15 is 0 Å². The predicted octanol–water partition coefficient (Wildman–Crippen LogP) is 0.977. The molecule has 13 heavy (non-hydrogen) atoms. The molecule has 5 heteroatoms. The van der Waals surface area contributed by atoms with Crippen LogP contribution in [-0.4, -0.2) is 15.0 Å². The second-order valence-electron chi connectivity index (χ2n) is 2.42. The number of hydrogen-bond acceptors (Lipinski definition) is 2. The number of carbonyl (C=O) groups excluding carboxylic acids is 1. The van der Waals surface area contributed by atoms with Crippen LogP contribution in [0.5, 0.6) is 0 Å². The zero-order valence-electron chi connectivity index (χ0n) is 6.77. The summed E-state index contributed by atoms with van der Waals surface area (Å²) < 4.78 is 21.1. The van der Waals surface area contributed by atoms with Crippen LogP contribution in [0.2, 0.25) is 0 Å². The molecule has 0 saturated carbocycles. The Labute approximate surface area is 78.4 Å². The number of benzene rings is 1. The van der Waals surface area contributed by atoms with Crippen LogP contribution >= 0.6 is 0 Å². The lowest BCUT2D eigenvalue weighted by atomic mass is 10.1. The third-order valence-electron chi connectivity index (χ3n) is 1.48. The highest BCUT2D eigenvalue weighted by Gasteiger charge is 1.95. The van der Waals surface area contributed by atoms with Crippen molar-refractivity contribution in [3.05, 3.63) is 29.8 Å². The first-order valence-electron chi connectivity index (χ1n) is 3.62. The van der Waals surface area contributed by atoms with Gasteiger partial charge in [0.25, 0.3) is 11.3 Å². The van der Waals surface area contributed by atoms with Gasteiger partial charge in [0.2, 0.25) is 0 Å².